The van der Waals surface area contributed by atoms with Crippen molar-refractivity contribution in [2.75, 3.05) is 55.0 Å². The van der Waals surface area contributed by atoms with Crippen LogP contribution in [-0.4, -0.2) is 57.4 Å². The van der Waals surface area contributed by atoms with Gasteiger partial charge in [0.05, 0.1) is 0 Å². The van der Waals surface area contributed by atoms with Crippen molar-refractivity contribution in [1.82, 2.24) is 5.01 Å². The number of amides is 1. The van der Waals surface area contributed by atoms with E-state index >= 15 is 0 Å². The van der Waals surface area contributed by atoms with Crippen molar-refractivity contribution in [3.05, 3.63) is 117 Å². The molecule has 0 saturated heterocycles. The Kier molecular flexibility index (Phi) is 6.71. The minimum absolute atomic E-state index is 0.0691. The molecule has 0 radical (unpaired) electrons. The first-order chi connectivity index (χ1) is 24.5. The molecule has 6 aliphatic heterocycles. The van der Waals surface area contributed by atoms with Gasteiger partial charge in [-0.05, 0) is 104 Å². The molecule has 0 fully saturated rings. The molecule has 7 heteroatoms. The summed E-state index contributed by atoms with van der Waals surface area (Å²) in [7, 11) is 4.10. The van der Waals surface area contributed by atoms with Crippen LogP contribution in [0.1, 0.15) is 80.5 Å². The molecule has 10 rings (SSSR count). The molecule has 6 aliphatic rings. The van der Waals surface area contributed by atoms with Crippen LogP contribution in [0.3, 0.4) is 0 Å². The quantitative estimate of drug-likeness (QED) is 0.210. The van der Waals surface area contributed by atoms with Crippen molar-refractivity contribution >= 4 is 35.3 Å². The first kappa shape index (κ1) is 29.8. The van der Waals surface area contributed by atoms with Crippen LogP contribution in [-0.2, 0) is 31.2 Å². The number of hydrogen-bond acceptors (Lipinski definition) is 6. The van der Waals surface area contributed by atoms with Crippen molar-refractivity contribution in [3.8, 4) is 11.5 Å². The highest BCUT2D eigenvalue weighted by Crippen LogP contribution is 2.62. The molecule has 0 bridgehead atoms. The van der Waals surface area contributed by atoms with Crippen molar-refractivity contribution in [2.24, 2.45) is 5.10 Å². The third-order valence-corrected chi connectivity index (χ3v) is 12.0. The highest BCUT2D eigenvalue weighted by Gasteiger charge is 2.59. The number of hydrogen-bond donors (Lipinski definition) is 0. The summed E-state index contributed by atoms with van der Waals surface area (Å²) in [4.78, 5) is 22.1. The Balaban J connectivity index is 1.22. The van der Waals surface area contributed by atoms with E-state index in [0.717, 1.165) is 117 Å². The second kappa shape index (κ2) is 11.2. The molecule has 1 amide bonds. The third kappa shape index (κ3) is 4.15. The monoisotopic (exact) mass is 661 g/mol. The van der Waals surface area contributed by atoms with Gasteiger partial charge in [0.25, 0.3) is 5.91 Å². The topological polar surface area (TPSA) is 51.6 Å². The fourth-order valence-corrected chi connectivity index (χ4v) is 9.85. The normalized spacial score (nSPS) is 19.3. The minimum atomic E-state index is -0.940. The molecule has 0 aliphatic carbocycles. The summed E-state index contributed by atoms with van der Waals surface area (Å²) in [5.41, 5.74) is 13.3. The highest BCUT2D eigenvalue weighted by molar-refractivity contribution is 6.03. The second-order valence-electron chi connectivity index (χ2n) is 15.0. The Hall–Kier alpha value is -5.04. The Labute approximate surface area is 294 Å². The molecule has 0 atom stereocenters. The minimum Gasteiger partial charge on any atom is -0.456 e. The van der Waals surface area contributed by atoms with Gasteiger partial charge in [-0.15, -0.1) is 0 Å². The van der Waals surface area contributed by atoms with Gasteiger partial charge in [0.15, 0.2) is 0 Å². The standard InChI is InChI=1S/C43H43N5O2/c1-45(2)31-19-17-28(18-20-31)10-5-21-44-48-42(49)32-13-3-4-16-35(32)43(48)36-26-29-11-6-22-46-24-8-14-33(38(29)46)40(36)50-41-34-15-9-25-47-23-7-12-30(39(34)47)27-37(41)43/h3-5,10,13,16-21,26-27H,6-9,11-12,14-15,22-25H2,1-2H3/b10-5+,44-21+. The van der Waals surface area contributed by atoms with Gasteiger partial charge in [0.1, 0.15) is 17.0 Å². The first-order valence-corrected chi connectivity index (χ1v) is 18.5. The number of rotatable bonds is 4. The molecular formula is C43H43N5O2. The van der Waals surface area contributed by atoms with E-state index in [4.69, 9.17) is 9.84 Å². The highest BCUT2D eigenvalue weighted by atomic mass is 16.5. The predicted molar refractivity (Wildman–Crippen MR) is 201 cm³/mol. The molecule has 50 heavy (non-hydrogen) atoms. The largest absolute Gasteiger partial charge is 0.456 e. The van der Waals surface area contributed by atoms with Gasteiger partial charge in [0.2, 0.25) is 0 Å². The summed E-state index contributed by atoms with van der Waals surface area (Å²) in [5.74, 6) is 1.83. The summed E-state index contributed by atoms with van der Waals surface area (Å²) in [5, 5.41) is 6.94. The molecule has 4 aromatic carbocycles. The van der Waals surface area contributed by atoms with E-state index < -0.39 is 5.54 Å². The maximum absolute atomic E-state index is 14.8. The van der Waals surface area contributed by atoms with Crippen LogP contribution >= 0.6 is 0 Å². The molecular weight excluding hydrogens is 619 g/mol. The molecule has 0 unspecified atom stereocenters. The average Bonchev–Trinajstić information content (AvgIpc) is 3.39. The number of ether oxygens (including phenoxy) is 1. The van der Waals surface area contributed by atoms with Crippen LogP contribution in [0.5, 0.6) is 11.5 Å². The maximum Gasteiger partial charge on any atom is 0.275 e. The smallest absolute Gasteiger partial charge is 0.275 e. The van der Waals surface area contributed by atoms with Crippen molar-refractivity contribution in [2.45, 2.75) is 56.9 Å². The van der Waals surface area contributed by atoms with Crippen LogP contribution in [0.15, 0.2) is 71.8 Å². The Morgan fingerprint density at radius 2 is 1.32 bits per heavy atom. The number of nitrogens with zero attached hydrogens (tertiary/aromatic N) is 5. The van der Waals surface area contributed by atoms with Crippen LogP contribution in [0, 0.1) is 0 Å². The predicted octanol–water partition coefficient (Wildman–Crippen LogP) is 7.70. The van der Waals surface area contributed by atoms with Crippen LogP contribution in [0.25, 0.3) is 6.08 Å². The molecule has 4 aromatic rings. The summed E-state index contributed by atoms with van der Waals surface area (Å²) in [6.45, 7) is 4.37. The van der Waals surface area contributed by atoms with Gasteiger partial charge < -0.3 is 19.4 Å². The zero-order valence-corrected chi connectivity index (χ0v) is 29.0. The summed E-state index contributed by atoms with van der Waals surface area (Å²) in [6, 6.07) is 21.5. The van der Waals surface area contributed by atoms with Crippen LogP contribution in [0.4, 0.5) is 17.1 Å². The fraction of sp³-hybridized carbons (Fsp3) is 0.349. The SMILES string of the molecule is CN(C)c1ccc(/C=C/C=N/N2C(=O)c3ccccc3C23c2cc4c5c(c2Oc2c3cc3c6c2CCCN6CCC3)CCCN5CCC4)cc1. The third-order valence-electron chi connectivity index (χ3n) is 12.0. The van der Waals surface area contributed by atoms with Gasteiger partial charge in [0, 0.05) is 96.9 Å². The van der Waals surface area contributed by atoms with Crippen LogP contribution < -0.4 is 19.4 Å². The van der Waals surface area contributed by atoms with E-state index in [9.17, 15) is 4.79 Å². The number of fused-ring (bicyclic) bond motifs is 8. The number of carbonyl (C=O) groups is 1. The number of carbonyl (C=O) groups excluding carboxylic acids is 1. The van der Waals surface area contributed by atoms with Crippen molar-refractivity contribution < 1.29 is 9.53 Å². The van der Waals surface area contributed by atoms with E-state index in [1.165, 1.54) is 33.6 Å². The fourth-order valence-electron chi connectivity index (χ4n) is 9.85. The number of anilines is 3. The van der Waals surface area contributed by atoms with Gasteiger partial charge in [-0.3, -0.25) is 4.79 Å². The molecule has 1 spiro atoms. The summed E-state index contributed by atoms with van der Waals surface area (Å²) < 4.78 is 7.35. The summed E-state index contributed by atoms with van der Waals surface area (Å²) >= 11 is 0. The van der Waals surface area contributed by atoms with E-state index in [-0.39, 0.29) is 5.91 Å². The lowest BCUT2D eigenvalue weighted by Gasteiger charge is -2.47. The number of allylic oxidation sites excluding steroid dienone is 1. The van der Waals surface area contributed by atoms with Gasteiger partial charge in [-0.1, -0.05) is 36.4 Å². The lowest BCUT2D eigenvalue weighted by molar-refractivity contribution is 0.0674. The van der Waals surface area contributed by atoms with E-state index in [1.807, 2.05) is 37.3 Å². The Morgan fingerprint density at radius 3 is 1.92 bits per heavy atom. The molecule has 252 valence electrons. The zero-order chi connectivity index (χ0) is 33.6. The molecule has 0 aromatic heterocycles. The van der Waals surface area contributed by atoms with E-state index in [0.29, 0.717) is 5.56 Å². The van der Waals surface area contributed by atoms with Gasteiger partial charge in [-0.25, -0.2) is 5.01 Å². The Morgan fingerprint density at radius 1 is 0.740 bits per heavy atom. The molecule has 7 nitrogen and oxygen atoms in total. The van der Waals surface area contributed by atoms with Crippen molar-refractivity contribution in [3.63, 3.8) is 0 Å². The second-order valence-corrected chi connectivity index (χ2v) is 15.0. The van der Waals surface area contributed by atoms with Gasteiger partial charge in [-0.2, -0.15) is 5.10 Å². The average molecular weight is 662 g/mol. The van der Waals surface area contributed by atoms with E-state index in [1.54, 1.807) is 6.21 Å². The molecule has 0 N–H and O–H groups in total. The van der Waals surface area contributed by atoms with Gasteiger partial charge >= 0.3 is 0 Å². The first-order valence-electron chi connectivity index (χ1n) is 18.5. The van der Waals surface area contributed by atoms with Crippen molar-refractivity contribution in [1.29, 1.82) is 0 Å². The Bertz CT molecular complexity index is 2040. The lowest BCUT2D eigenvalue weighted by Crippen LogP contribution is -2.46. The summed E-state index contributed by atoms with van der Waals surface area (Å²) in [6.07, 6.45) is 14.3. The maximum atomic E-state index is 14.8. The zero-order valence-electron chi connectivity index (χ0n) is 29.0. The van der Waals surface area contributed by atoms with E-state index in [2.05, 4.69) is 69.3 Å². The number of hydrazone groups is 1. The number of benzene rings is 4. The number of aryl methyl sites for hydroxylation is 2. The van der Waals surface area contributed by atoms with Crippen LogP contribution in [0.2, 0.25) is 0 Å². The molecule has 0 saturated carbocycles. The molecule has 6 heterocycles. The lowest BCUT2D eigenvalue weighted by atomic mass is 9.71.